The van der Waals surface area contributed by atoms with Crippen molar-refractivity contribution in [1.29, 1.82) is 0 Å². The SMILES string of the molecule is C=S1(=O)CCCN1C1CCCN(c2ncnc3cc(F)c(F)cc23)C1. The van der Waals surface area contributed by atoms with Gasteiger partial charge >= 0.3 is 0 Å². The first kappa shape index (κ1) is 16.7. The van der Waals surface area contributed by atoms with Crippen molar-refractivity contribution < 1.29 is 13.0 Å². The monoisotopic (exact) mass is 366 g/mol. The van der Waals surface area contributed by atoms with Gasteiger partial charge in [0, 0.05) is 52.6 Å². The number of hydrogen-bond acceptors (Lipinski definition) is 4. The smallest absolute Gasteiger partial charge is 0.161 e. The number of halogens is 2. The summed E-state index contributed by atoms with van der Waals surface area (Å²) in [5.74, 6) is 3.34. The number of hydrogen-bond donors (Lipinski definition) is 0. The molecule has 1 aromatic carbocycles. The van der Waals surface area contributed by atoms with E-state index in [1.807, 2.05) is 4.31 Å². The summed E-state index contributed by atoms with van der Waals surface area (Å²) in [6, 6.07) is 2.39. The van der Waals surface area contributed by atoms with Gasteiger partial charge in [0.25, 0.3) is 0 Å². The highest BCUT2D eigenvalue weighted by Crippen LogP contribution is 2.30. The van der Waals surface area contributed by atoms with Gasteiger partial charge in [0.2, 0.25) is 0 Å². The Morgan fingerprint density at radius 2 is 1.96 bits per heavy atom. The summed E-state index contributed by atoms with van der Waals surface area (Å²) in [5.41, 5.74) is 0.383. The van der Waals surface area contributed by atoms with E-state index in [4.69, 9.17) is 0 Å². The van der Waals surface area contributed by atoms with E-state index < -0.39 is 21.3 Å². The average molecular weight is 366 g/mol. The number of piperidine rings is 1. The minimum absolute atomic E-state index is 0.136. The molecule has 2 unspecified atom stereocenters. The largest absolute Gasteiger partial charge is 0.354 e. The fourth-order valence-electron chi connectivity index (χ4n) is 3.86. The molecule has 2 aromatic rings. The minimum Gasteiger partial charge on any atom is -0.354 e. The highest BCUT2D eigenvalue weighted by atomic mass is 32.2. The molecule has 25 heavy (non-hydrogen) atoms. The Morgan fingerprint density at radius 1 is 1.16 bits per heavy atom. The van der Waals surface area contributed by atoms with E-state index >= 15 is 0 Å². The first-order valence-corrected chi connectivity index (χ1v) is 10.3. The third kappa shape index (κ3) is 2.97. The van der Waals surface area contributed by atoms with Crippen LogP contribution in [0.15, 0.2) is 18.5 Å². The highest BCUT2D eigenvalue weighted by Gasteiger charge is 2.33. The summed E-state index contributed by atoms with van der Waals surface area (Å²) < 4.78 is 41.9. The molecule has 2 aliphatic heterocycles. The van der Waals surface area contributed by atoms with Crippen LogP contribution in [0.25, 0.3) is 10.9 Å². The van der Waals surface area contributed by atoms with Gasteiger partial charge in [-0.25, -0.2) is 23.1 Å². The zero-order valence-corrected chi connectivity index (χ0v) is 14.6. The van der Waals surface area contributed by atoms with Crippen molar-refractivity contribution in [3.8, 4) is 0 Å². The molecular weight excluding hydrogens is 346 g/mol. The number of fused-ring (bicyclic) bond motifs is 1. The standard InChI is InChI=1S/C17H20F2N4OS/c1-25(24)7-3-6-23(25)12-4-2-5-22(10-12)17-13-8-14(18)15(19)9-16(13)20-11-21-17/h8-9,11-12H,1-7,10H2. The molecule has 4 rings (SSSR count). The molecule has 1 aromatic heterocycles. The molecule has 134 valence electrons. The van der Waals surface area contributed by atoms with Crippen molar-refractivity contribution in [3.05, 3.63) is 30.1 Å². The number of anilines is 1. The third-order valence-electron chi connectivity index (χ3n) is 5.03. The molecule has 0 bridgehead atoms. The van der Waals surface area contributed by atoms with Gasteiger partial charge < -0.3 is 4.90 Å². The Hall–Kier alpha value is -1.80. The lowest BCUT2D eigenvalue weighted by atomic mass is 10.0. The molecular formula is C17H20F2N4OS. The van der Waals surface area contributed by atoms with E-state index in [1.54, 1.807) is 0 Å². The number of benzene rings is 1. The van der Waals surface area contributed by atoms with Gasteiger partial charge in [0.15, 0.2) is 11.6 Å². The molecule has 0 spiro atoms. The summed E-state index contributed by atoms with van der Waals surface area (Å²) in [4.78, 5) is 10.4. The van der Waals surface area contributed by atoms with Crippen molar-refractivity contribution in [2.24, 2.45) is 0 Å². The Morgan fingerprint density at radius 3 is 2.72 bits per heavy atom. The fourth-order valence-corrected chi connectivity index (χ4v) is 5.85. The summed E-state index contributed by atoms with van der Waals surface area (Å²) in [7, 11) is -2.18. The van der Waals surface area contributed by atoms with Crippen molar-refractivity contribution in [3.63, 3.8) is 0 Å². The zero-order chi connectivity index (χ0) is 17.6. The quantitative estimate of drug-likeness (QED) is 0.765. The summed E-state index contributed by atoms with van der Waals surface area (Å²) >= 11 is 0. The number of aromatic nitrogens is 2. The first-order chi connectivity index (χ1) is 12.0. The lowest BCUT2D eigenvalue weighted by Crippen LogP contribution is -2.48. The van der Waals surface area contributed by atoms with E-state index in [9.17, 15) is 13.0 Å². The van der Waals surface area contributed by atoms with E-state index in [2.05, 4.69) is 20.7 Å². The van der Waals surface area contributed by atoms with Crippen LogP contribution in [-0.2, 0) is 9.71 Å². The third-order valence-corrected chi connectivity index (χ3v) is 7.29. The van der Waals surface area contributed by atoms with Crippen LogP contribution in [-0.4, -0.2) is 55.8 Å². The summed E-state index contributed by atoms with van der Waals surface area (Å²) in [6.45, 7) is 2.22. The van der Waals surface area contributed by atoms with Crippen LogP contribution in [0.2, 0.25) is 0 Å². The van der Waals surface area contributed by atoms with Crippen LogP contribution in [0, 0.1) is 11.6 Å². The Bertz CT molecular complexity index is 918. The lowest BCUT2D eigenvalue weighted by molar-refractivity contribution is 0.308. The topological polar surface area (TPSA) is 49.3 Å². The Kier molecular flexibility index (Phi) is 4.11. The van der Waals surface area contributed by atoms with Gasteiger partial charge in [-0.05, 0) is 31.2 Å². The maximum Gasteiger partial charge on any atom is 0.161 e. The van der Waals surface area contributed by atoms with Crippen LogP contribution in [0.3, 0.4) is 0 Å². The van der Waals surface area contributed by atoms with Crippen LogP contribution >= 0.6 is 0 Å². The summed E-state index contributed by atoms with van der Waals surface area (Å²) in [5, 5.41) is 0.499. The van der Waals surface area contributed by atoms with Gasteiger partial charge in [-0.15, -0.1) is 0 Å². The van der Waals surface area contributed by atoms with E-state index in [0.29, 0.717) is 29.0 Å². The first-order valence-electron chi connectivity index (χ1n) is 8.42. The van der Waals surface area contributed by atoms with Crippen molar-refractivity contribution >= 4 is 32.3 Å². The molecule has 0 N–H and O–H groups in total. The van der Waals surface area contributed by atoms with Crippen LogP contribution < -0.4 is 4.90 Å². The zero-order valence-electron chi connectivity index (χ0n) is 13.8. The van der Waals surface area contributed by atoms with Gasteiger partial charge in [0.05, 0.1) is 5.52 Å². The number of nitrogens with zero attached hydrogens (tertiary/aromatic N) is 4. The van der Waals surface area contributed by atoms with Crippen LogP contribution in [0.4, 0.5) is 14.6 Å². The second kappa shape index (κ2) is 6.17. The van der Waals surface area contributed by atoms with Gasteiger partial charge in [-0.3, -0.25) is 4.21 Å². The van der Waals surface area contributed by atoms with E-state index in [1.165, 1.54) is 6.33 Å². The summed E-state index contributed by atoms with van der Waals surface area (Å²) in [6.07, 6.45) is 4.15. The molecule has 8 heteroatoms. The lowest BCUT2D eigenvalue weighted by Gasteiger charge is -2.38. The second-order valence-electron chi connectivity index (χ2n) is 6.69. The predicted octanol–water partition coefficient (Wildman–Crippen LogP) is 2.21. The Balaban J connectivity index is 1.68. The molecule has 0 saturated carbocycles. The van der Waals surface area contributed by atoms with Crippen LogP contribution in [0.5, 0.6) is 0 Å². The van der Waals surface area contributed by atoms with Crippen molar-refractivity contribution in [2.45, 2.75) is 25.3 Å². The van der Waals surface area contributed by atoms with Crippen LogP contribution in [0.1, 0.15) is 19.3 Å². The predicted molar refractivity (Wildman–Crippen MR) is 96.1 cm³/mol. The normalized spacial score (nSPS) is 27.9. The highest BCUT2D eigenvalue weighted by molar-refractivity contribution is 7.98. The van der Waals surface area contributed by atoms with Crippen molar-refractivity contribution in [1.82, 2.24) is 14.3 Å². The van der Waals surface area contributed by atoms with Gasteiger partial charge in [-0.2, -0.15) is 0 Å². The molecule has 0 amide bonds. The minimum atomic E-state index is -2.18. The molecule has 3 heterocycles. The molecule has 2 saturated heterocycles. The van der Waals surface area contributed by atoms with Gasteiger partial charge in [0.1, 0.15) is 12.1 Å². The number of rotatable bonds is 2. The van der Waals surface area contributed by atoms with E-state index in [-0.39, 0.29) is 6.04 Å². The maximum absolute atomic E-state index is 13.7. The average Bonchev–Trinajstić information content (AvgIpc) is 2.95. The van der Waals surface area contributed by atoms with Gasteiger partial charge in [-0.1, -0.05) is 0 Å². The maximum atomic E-state index is 13.7. The molecule has 5 nitrogen and oxygen atoms in total. The fraction of sp³-hybridized carbons (Fsp3) is 0.471. The van der Waals surface area contributed by atoms with E-state index in [0.717, 1.165) is 44.5 Å². The molecule has 2 aliphatic rings. The molecule has 2 atom stereocenters. The van der Waals surface area contributed by atoms with Crippen molar-refractivity contribution in [2.75, 3.05) is 30.3 Å². The second-order valence-corrected chi connectivity index (χ2v) is 9.12. The molecule has 0 radical (unpaired) electrons. The molecule has 0 aliphatic carbocycles. The Labute approximate surface area is 145 Å². The molecule has 2 fully saturated rings.